The molecule has 0 aliphatic heterocycles. The summed E-state index contributed by atoms with van der Waals surface area (Å²) in [6, 6.07) is 9.04. The first-order chi connectivity index (χ1) is 9.09. The molecule has 1 amide bonds. The molecule has 4 heteroatoms. The zero-order valence-corrected chi connectivity index (χ0v) is 11.1. The van der Waals surface area contributed by atoms with E-state index in [-0.39, 0.29) is 11.9 Å². The molecule has 2 aromatic rings. The summed E-state index contributed by atoms with van der Waals surface area (Å²) in [6.45, 7) is 3.77. The number of nitrogens with one attached hydrogen (secondary N) is 1. The van der Waals surface area contributed by atoms with Crippen molar-refractivity contribution >= 4 is 11.6 Å². The van der Waals surface area contributed by atoms with Crippen molar-refractivity contribution in [2.24, 2.45) is 0 Å². The number of carbonyl (C=O) groups is 1. The lowest BCUT2D eigenvalue weighted by Gasteiger charge is -2.15. The molecule has 1 atom stereocenters. The maximum absolute atomic E-state index is 12.2. The lowest BCUT2D eigenvalue weighted by molar-refractivity contribution is 0.0939. The minimum Gasteiger partial charge on any atom is -0.398 e. The molecule has 1 heterocycles. The second kappa shape index (κ2) is 5.52. The highest BCUT2D eigenvalue weighted by Crippen LogP contribution is 2.17. The van der Waals surface area contributed by atoms with Gasteiger partial charge in [0.25, 0.3) is 5.91 Å². The van der Waals surface area contributed by atoms with Gasteiger partial charge in [0, 0.05) is 23.6 Å². The smallest absolute Gasteiger partial charge is 0.252 e. The summed E-state index contributed by atoms with van der Waals surface area (Å²) in [5, 5.41) is 2.95. The van der Waals surface area contributed by atoms with E-state index in [1.165, 1.54) is 0 Å². The van der Waals surface area contributed by atoms with Crippen LogP contribution in [0.3, 0.4) is 0 Å². The summed E-state index contributed by atoms with van der Waals surface area (Å²) in [5.41, 5.74) is 8.82. The summed E-state index contributed by atoms with van der Waals surface area (Å²) in [7, 11) is 0. The Labute approximate surface area is 112 Å². The van der Waals surface area contributed by atoms with E-state index in [0.29, 0.717) is 11.3 Å². The Morgan fingerprint density at radius 3 is 2.79 bits per heavy atom. The van der Waals surface area contributed by atoms with Crippen molar-refractivity contribution < 1.29 is 4.79 Å². The first-order valence-corrected chi connectivity index (χ1v) is 6.15. The summed E-state index contributed by atoms with van der Waals surface area (Å²) >= 11 is 0. The van der Waals surface area contributed by atoms with Crippen LogP contribution in [0.5, 0.6) is 0 Å². The maximum Gasteiger partial charge on any atom is 0.252 e. The van der Waals surface area contributed by atoms with E-state index in [9.17, 15) is 4.79 Å². The van der Waals surface area contributed by atoms with Crippen LogP contribution >= 0.6 is 0 Å². The topological polar surface area (TPSA) is 68.0 Å². The van der Waals surface area contributed by atoms with Crippen molar-refractivity contribution in [1.82, 2.24) is 10.3 Å². The Morgan fingerprint density at radius 1 is 1.32 bits per heavy atom. The van der Waals surface area contributed by atoms with Crippen molar-refractivity contribution in [2.75, 3.05) is 5.73 Å². The van der Waals surface area contributed by atoms with Gasteiger partial charge in [0.1, 0.15) is 0 Å². The molecule has 4 nitrogen and oxygen atoms in total. The molecular formula is C15H17N3O. The van der Waals surface area contributed by atoms with Crippen LogP contribution in [-0.4, -0.2) is 10.9 Å². The van der Waals surface area contributed by atoms with Crippen LogP contribution in [0.2, 0.25) is 0 Å². The van der Waals surface area contributed by atoms with Gasteiger partial charge >= 0.3 is 0 Å². The van der Waals surface area contributed by atoms with E-state index < -0.39 is 0 Å². The van der Waals surface area contributed by atoms with Gasteiger partial charge in [-0.05, 0) is 43.2 Å². The molecule has 3 N–H and O–H groups in total. The van der Waals surface area contributed by atoms with E-state index in [2.05, 4.69) is 10.3 Å². The zero-order valence-electron chi connectivity index (χ0n) is 11.1. The fourth-order valence-electron chi connectivity index (χ4n) is 1.89. The highest BCUT2D eigenvalue weighted by molar-refractivity contribution is 5.97. The van der Waals surface area contributed by atoms with E-state index in [1.807, 2.05) is 26.0 Å². The minimum atomic E-state index is -0.124. The lowest BCUT2D eigenvalue weighted by atomic mass is 10.1. The number of pyridine rings is 1. The Morgan fingerprint density at radius 2 is 2.11 bits per heavy atom. The van der Waals surface area contributed by atoms with Gasteiger partial charge in [0.05, 0.1) is 6.04 Å². The molecular weight excluding hydrogens is 238 g/mol. The predicted octanol–water partition coefficient (Wildman–Crippen LogP) is 2.46. The number of anilines is 1. The van der Waals surface area contributed by atoms with Crippen molar-refractivity contribution in [3.8, 4) is 0 Å². The van der Waals surface area contributed by atoms with E-state index in [4.69, 9.17) is 5.73 Å². The minimum absolute atomic E-state index is 0.0953. The van der Waals surface area contributed by atoms with Crippen LogP contribution in [0.4, 0.5) is 5.69 Å². The van der Waals surface area contributed by atoms with E-state index in [0.717, 1.165) is 11.1 Å². The first kappa shape index (κ1) is 13.1. The Bertz CT molecular complexity index is 581. The summed E-state index contributed by atoms with van der Waals surface area (Å²) < 4.78 is 0. The Kier molecular flexibility index (Phi) is 3.80. The Balaban J connectivity index is 2.16. The van der Waals surface area contributed by atoms with Gasteiger partial charge in [0.15, 0.2) is 0 Å². The molecule has 98 valence electrons. The molecule has 1 aromatic heterocycles. The quantitative estimate of drug-likeness (QED) is 0.828. The van der Waals surface area contributed by atoms with Crippen LogP contribution in [0.1, 0.15) is 34.5 Å². The number of aromatic nitrogens is 1. The molecule has 2 rings (SSSR count). The zero-order chi connectivity index (χ0) is 13.8. The van der Waals surface area contributed by atoms with Crippen LogP contribution in [0.25, 0.3) is 0 Å². The third kappa shape index (κ3) is 2.91. The van der Waals surface area contributed by atoms with Crippen molar-refractivity contribution in [1.29, 1.82) is 0 Å². The molecule has 0 radical (unpaired) electrons. The number of nitrogen functional groups attached to an aromatic ring is 1. The number of amides is 1. The Hall–Kier alpha value is -2.36. The molecule has 0 bridgehead atoms. The average molecular weight is 255 g/mol. The highest BCUT2D eigenvalue weighted by Gasteiger charge is 2.14. The van der Waals surface area contributed by atoms with Crippen LogP contribution in [0.15, 0.2) is 42.7 Å². The highest BCUT2D eigenvalue weighted by atomic mass is 16.1. The van der Waals surface area contributed by atoms with E-state index >= 15 is 0 Å². The monoisotopic (exact) mass is 255 g/mol. The molecule has 0 aliphatic rings. The number of benzene rings is 1. The number of rotatable bonds is 3. The number of nitrogens with zero attached hydrogens (tertiary/aromatic N) is 1. The standard InChI is InChI=1S/C15H17N3O/c1-10-13(6-3-7-14(10)16)15(19)18-11(2)12-5-4-8-17-9-12/h3-9,11H,16H2,1-2H3,(H,18,19)/t11-/m1/s1. The normalized spacial score (nSPS) is 11.9. The molecule has 0 spiro atoms. The van der Waals surface area contributed by atoms with Crippen molar-refractivity contribution in [3.63, 3.8) is 0 Å². The summed E-state index contributed by atoms with van der Waals surface area (Å²) in [4.78, 5) is 16.3. The molecule has 0 fully saturated rings. The SMILES string of the molecule is Cc1c(N)cccc1C(=O)N[C@H](C)c1cccnc1. The van der Waals surface area contributed by atoms with Gasteiger partial charge in [0.2, 0.25) is 0 Å². The molecule has 0 unspecified atom stereocenters. The lowest BCUT2D eigenvalue weighted by Crippen LogP contribution is -2.27. The predicted molar refractivity (Wildman–Crippen MR) is 75.7 cm³/mol. The van der Waals surface area contributed by atoms with Gasteiger partial charge < -0.3 is 11.1 Å². The molecule has 0 saturated carbocycles. The fourth-order valence-corrected chi connectivity index (χ4v) is 1.89. The summed E-state index contributed by atoms with van der Waals surface area (Å²) in [5.74, 6) is -0.124. The van der Waals surface area contributed by atoms with Crippen molar-refractivity contribution in [3.05, 3.63) is 59.4 Å². The first-order valence-electron chi connectivity index (χ1n) is 6.15. The molecule has 0 aliphatic carbocycles. The third-order valence-electron chi connectivity index (χ3n) is 3.15. The van der Waals surface area contributed by atoms with Gasteiger partial charge in [-0.25, -0.2) is 0 Å². The largest absolute Gasteiger partial charge is 0.398 e. The number of hydrogen-bond donors (Lipinski definition) is 2. The van der Waals surface area contributed by atoms with E-state index in [1.54, 1.807) is 30.6 Å². The van der Waals surface area contributed by atoms with Gasteiger partial charge in [-0.15, -0.1) is 0 Å². The van der Waals surface area contributed by atoms with Gasteiger partial charge in [-0.3, -0.25) is 9.78 Å². The number of hydrogen-bond acceptors (Lipinski definition) is 3. The fraction of sp³-hybridized carbons (Fsp3) is 0.200. The van der Waals surface area contributed by atoms with Crippen LogP contribution < -0.4 is 11.1 Å². The van der Waals surface area contributed by atoms with Gasteiger partial charge in [-0.2, -0.15) is 0 Å². The van der Waals surface area contributed by atoms with Gasteiger partial charge in [-0.1, -0.05) is 12.1 Å². The average Bonchev–Trinajstić information content (AvgIpc) is 2.42. The van der Waals surface area contributed by atoms with Crippen LogP contribution in [-0.2, 0) is 0 Å². The molecule has 19 heavy (non-hydrogen) atoms. The summed E-state index contributed by atoms with van der Waals surface area (Å²) in [6.07, 6.45) is 3.46. The van der Waals surface area contributed by atoms with Crippen LogP contribution in [0, 0.1) is 6.92 Å². The second-order valence-corrected chi connectivity index (χ2v) is 4.50. The second-order valence-electron chi connectivity index (χ2n) is 4.50. The number of carbonyl (C=O) groups excluding carboxylic acids is 1. The number of nitrogens with two attached hydrogens (primary N) is 1. The molecule has 1 aromatic carbocycles. The maximum atomic E-state index is 12.2. The molecule has 0 saturated heterocycles. The third-order valence-corrected chi connectivity index (χ3v) is 3.15. The van der Waals surface area contributed by atoms with Crippen molar-refractivity contribution in [2.45, 2.75) is 19.9 Å².